The first kappa shape index (κ1) is 13.0. The van der Waals surface area contributed by atoms with Gasteiger partial charge in [-0.3, -0.25) is 4.90 Å². The summed E-state index contributed by atoms with van der Waals surface area (Å²) in [7, 11) is 0. The van der Waals surface area contributed by atoms with Gasteiger partial charge < -0.3 is 10.6 Å². The fourth-order valence-electron chi connectivity index (χ4n) is 4.90. The van der Waals surface area contributed by atoms with E-state index in [-0.39, 0.29) is 0 Å². The lowest BCUT2D eigenvalue weighted by atomic mass is 9.79. The molecule has 110 valence electrons. The maximum absolute atomic E-state index is 6.25. The van der Waals surface area contributed by atoms with Crippen molar-refractivity contribution in [3.63, 3.8) is 0 Å². The second kappa shape index (κ2) is 4.97. The van der Waals surface area contributed by atoms with Gasteiger partial charge in [-0.05, 0) is 31.1 Å². The molecule has 2 N–H and O–H groups in total. The van der Waals surface area contributed by atoms with Crippen LogP contribution < -0.4 is 10.6 Å². The summed E-state index contributed by atoms with van der Waals surface area (Å²) in [6.45, 7) is 5.37. The SMILES string of the molecule is NCC1(N2CCN(c3nccs3)CC2)CC2CCC1C2. The molecule has 3 unspecified atom stereocenters. The molecular weight excluding hydrogens is 268 g/mol. The molecular formula is C15H24N4S. The molecule has 2 heterocycles. The summed E-state index contributed by atoms with van der Waals surface area (Å²) < 4.78 is 0. The number of thiazole rings is 1. The highest BCUT2D eigenvalue weighted by atomic mass is 32.1. The average Bonchev–Trinajstić information content (AvgIpc) is 3.23. The fourth-order valence-corrected chi connectivity index (χ4v) is 5.59. The van der Waals surface area contributed by atoms with Crippen LogP contribution in [0.15, 0.2) is 11.6 Å². The van der Waals surface area contributed by atoms with Crippen molar-refractivity contribution >= 4 is 16.5 Å². The third-order valence-corrected chi connectivity index (χ3v) is 6.73. The van der Waals surface area contributed by atoms with E-state index in [1.807, 2.05) is 6.20 Å². The Morgan fingerprint density at radius 2 is 2.15 bits per heavy atom. The summed E-state index contributed by atoms with van der Waals surface area (Å²) in [5, 5.41) is 3.25. The Labute approximate surface area is 125 Å². The van der Waals surface area contributed by atoms with Crippen molar-refractivity contribution in [2.45, 2.75) is 31.2 Å². The van der Waals surface area contributed by atoms with Crippen LogP contribution in [0.25, 0.3) is 0 Å². The third-order valence-electron chi connectivity index (χ3n) is 5.90. The van der Waals surface area contributed by atoms with Gasteiger partial charge in [-0.1, -0.05) is 6.42 Å². The number of anilines is 1. The zero-order valence-corrected chi connectivity index (χ0v) is 12.8. The molecule has 2 bridgehead atoms. The summed E-state index contributed by atoms with van der Waals surface area (Å²) in [6, 6.07) is 0. The molecule has 0 amide bonds. The Morgan fingerprint density at radius 3 is 2.70 bits per heavy atom. The van der Waals surface area contributed by atoms with Crippen molar-refractivity contribution in [3.8, 4) is 0 Å². The Morgan fingerprint density at radius 1 is 1.30 bits per heavy atom. The van der Waals surface area contributed by atoms with Gasteiger partial charge in [0.15, 0.2) is 5.13 Å². The molecule has 20 heavy (non-hydrogen) atoms. The quantitative estimate of drug-likeness (QED) is 0.922. The Bertz CT molecular complexity index is 454. The number of rotatable bonds is 3. The smallest absolute Gasteiger partial charge is 0.185 e. The molecule has 1 saturated heterocycles. The van der Waals surface area contributed by atoms with Gasteiger partial charge in [-0.15, -0.1) is 11.3 Å². The molecule has 0 aromatic carbocycles. The van der Waals surface area contributed by atoms with Crippen molar-refractivity contribution < 1.29 is 0 Å². The number of aromatic nitrogens is 1. The third kappa shape index (κ3) is 1.90. The second-order valence-corrected chi connectivity index (χ2v) is 7.55. The largest absolute Gasteiger partial charge is 0.346 e. The van der Waals surface area contributed by atoms with E-state index in [1.165, 1.54) is 30.8 Å². The van der Waals surface area contributed by atoms with E-state index >= 15 is 0 Å². The van der Waals surface area contributed by atoms with E-state index in [9.17, 15) is 0 Å². The van der Waals surface area contributed by atoms with Gasteiger partial charge in [-0.2, -0.15) is 0 Å². The summed E-state index contributed by atoms with van der Waals surface area (Å²) in [4.78, 5) is 9.59. The second-order valence-electron chi connectivity index (χ2n) is 6.68. The van der Waals surface area contributed by atoms with Crippen LogP contribution >= 0.6 is 11.3 Å². The van der Waals surface area contributed by atoms with E-state index in [0.717, 1.165) is 44.6 Å². The van der Waals surface area contributed by atoms with Crippen LogP contribution in [0, 0.1) is 11.8 Å². The minimum absolute atomic E-state index is 0.331. The molecule has 3 aliphatic rings. The van der Waals surface area contributed by atoms with Crippen LogP contribution in [0.3, 0.4) is 0 Å². The minimum atomic E-state index is 0.331. The van der Waals surface area contributed by atoms with Crippen LogP contribution in [-0.2, 0) is 0 Å². The van der Waals surface area contributed by atoms with Gasteiger partial charge in [0.25, 0.3) is 0 Å². The zero-order valence-electron chi connectivity index (χ0n) is 12.0. The van der Waals surface area contributed by atoms with Crippen molar-refractivity contribution in [1.82, 2.24) is 9.88 Å². The summed E-state index contributed by atoms with van der Waals surface area (Å²) in [6.07, 6.45) is 7.55. The molecule has 4 rings (SSSR count). The molecule has 1 aliphatic heterocycles. The summed E-state index contributed by atoms with van der Waals surface area (Å²) in [5.41, 5.74) is 6.58. The maximum atomic E-state index is 6.25. The topological polar surface area (TPSA) is 45.4 Å². The number of nitrogens with zero attached hydrogens (tertiary/aromatic N) is 3. The standard InChI is InChI=1S/C15H24N4S/c16-11-15(10-12-1-2-13(15)9-12)19-6-4-18(5-7-19)14-17-3-8-20-14/h3,8,12-13H,1-2,4-7,9-11,16H2. The lowest BCUT2D eigenvalue weighted by molar-refractivity contribution is 0.0368. The predicted octanol–water partition coefficient (Wildman–Crippen LogP) is 1.78. The van der Waals surface area contributed by atoms with Crippen molar-refractivity contribution in [1.29, 1.82) is 0 Å². The van der Waals surface area contributed by atoms with Gasteiger partial charge in [0.1, 0.15) is 0 Å². The van der Waals surface area contributed by atoms with Gasteiger partial charge in [-0.25, -0.2) is 4.98 Å². The number of nitrogens with two attached hydrogens (primary N) is 1. The molecule has 4 nitrogen and oxygen atoms in total. The van der Waals surface area contributed by atoms with Crippen LogP contribution in [0.1, 0.15) is 25.7 Å². The molecule has 0 radical (unpaired) electrons. The molecule has 1 aromatic heterocycles. The van der Waals surface area contributed by atoms with E-state index in [2.05, 4.69) is 20.2 Å². The Kier molecular flexibility index (Phi) is 3.24. The zero-order chi connectivity index (χ0) is 13.6. The average molecular weight is 292 g/mol. The normalized spacial score (nSPS) is 37.8. The van der Waals surface area contributed by atoms with Crippen LogP contribution in [0.5, 0.6) is 0 Å². The van der Waals surface area contributed by atoms with E-state index in [1.54, 1.807) is 11.3 Å². The molecule has 1 aromatic rings. The highest BCUT2D eigenvalue weighted by Crippen LogP contribution is 2.53. The van der Waals surface area contributed by atoms with Gasteiger partial charge >= 0.3 is 0 Å². The summed E-state index contributed by atoms with van der Waals surface area (Å²) in [5.74, 6) is 1.82. The molecule has 2 saturated carbocycles. The Hall–Kier alpha value is -0.650. The molecule has 0 spiro atoms. The first-order valence-electron chi connectivity index (χ1n) is 7.91. The first-order valence-corrected chi connectivity index (χ1v) is 8.79. The monoisotopic (exact) mass is 292 g/mol. The lowest BCUT2D eigenvalue weighted by Crippen LogP contribution is -2.62. The van der Waals surface area contributed by atoms with Crippen LogP contribution in [0.2, 0.25) is 0 Å². The number of hydrogen-bond acceptors (Lipinski definition) is 5. The van der Waals surface area contributed by atoms with Gasteiger partial charge in [0.05, 0.1) is 0 Å². The minimum Gasteiger partial charge on any atom is -0.346 e. The number of hydrogen-bond donors (Lipinski definition) is 1. The lowest BCUT2D eigenvalue weighted by Gasteiger charge is -2.49. The van der Waals surface area contributed by atoms with E-state index < -0.39 is 0 Å². The van der Waals surface area contributed by atoms with E-state index in [4.69, 9.17) is 5.73 Å². The molecule has 3 fully saturated rings. The maximum Gasteiger partial charge on any atom is 0.185 e. The number of fused-ring (bicyclic) bond motifs is 2. The molecule has 5 heteroatoms. The fraction of sp³-hybridized carbons (Fsp3) is 0.800. The highest BCUT2D eigenvalue weighted by Gasteiger charge is 2.53. The van der Waals surface area contributed by atoms with Crippen molar-refractivity contribution in [3.05, 3.63) is 11.6 Å². The van der Waals surface area contributed by atoms with Crippen molar-refractivity contribution in [2.75, 3.05) is 37.6 Å². The van der Waals surface area contributed by atoms with E-state index in [0.29, 0.717) is 5.54 Å². The van der Waals surface area contributed by atoms with Gasteiger partial charge in [0, 0.05) is 49.8 Å². The predicted molar refractivity (Wildman–Crippen MR) is 83.1 cm³/mol. The van der Waals surface area contributed by atoms with Crippen LogP contribution in [-0.4, -0.2) is 48.1 Å². The Balaban J connectivity index is 1.46. The van der Waals surface area contributed by atoms with Gasteiger partial charge in [0.2, 0.25) is 0 Å². The first-order chi connectivity index (χ1) is 9.82. The van der Waals surface area contributed by atoms with Crippen LogP contribution in [0.4, 0.5) is 5.13 Å². The molecule has 3 atom stereocenters. The number of piperazine rings is 1. The van der Waals surface area contributed by atoms with Crippen molar-refractivity contribution in [2.24, 2.45) is 17.6 Å². The summed E-state index contributed by atoms with van der Waals surface area (Å²) >= 11 is 1.75. The highest BCUT2D eigenvalue weighted by molar-refractivity contribution is 7.13. The molecule has 2 aliphatic carbocycles.